The number of nitrogens with zero attached hydrogens (tertiary/aromatic N) is 2. The molecule has 12 nitrogen and oxygen atoms in total. The van der Waals surface area contributed by atoms with Crippen LogP contribution in [-0.4, -0.2) is 89.0 Å². The third-order valence-corrected chi connectivity index (χ3v) is 8.44. The van der Waals surface area contributed by atoms with E-state index in [-0.39, 0.29) is 29.7 Å². The highest BCUT2D eigenvalue weighted by Crippen LogP contribution is 2.53. The summed E-state index contributed by atoms with van der Waals surface area (Å²) in [6, 6.07) is 7.28. The van der Waals surface area contributed by atoms with Crippen molar-refractivity contribution in [2.45, 2.75) is 24.5 Å². The third-order valence-electron chi connectivity index (χ3n) is 8.44. The Bertz CT molecular complexity index is 1620. The lowest BCUT2D eigenvalue weighted by Crippen LogP contribution is -2.63. The van der Waals surface area contributed by atoms with E-state index in [0.717, 1.165) is 0 Å². The van der Waals surface area contributed by atoms with E-state index >= 15 is 0 Å². The number of carbonyl (C=O) groups is 3. The molecular formula is C30H31N3O9. The van der Waals surface area contributed by atoms with Crippen LogP contribution in [0.15, 0.2) is 58.2 Å². The number of likely N-dealkylation sites (N-methyl/N-ethyl adjacent to an activating group) is 1. The summed E-state index contributed by atoms with van der Waals surface area (Å²) in [7, 11) is 6.09. The molecule has 0 aliphatic heterocycles. The monoisotopic (exact) mass is 577 g/mol. The maximum Gasteiger partial charge on any atom is 0.255 e. The summed E-state index contributed by atoms with van der Waals surface area (Å²) < 4.78 is 5.41. The second-order valence-corrected chi connectivity index (χ2v) is 10.8. The van der Waals surface area contributed by atoms with Gasteiger partial charge in [-0.2, -0.15) is 0 Å². The van der Waals surface area contributed by atoms with E-state index in [1.807, 2.05) is 0 Å². The number of aromatic hydroxyl groups is 1. The second-order valence-electron chi connectivity index (χ2n) is 10.8. The first-order valence-corrected chi connectivity index (χ1v) is 13.1. The molecule has 0 aromatic heterocycles. The first-order valence-electron chi connectivity index (χ1n) is 13.1. The van der Waals surface area contributed by atoms with Crippen molar-refractivity contribution in [2.24, 2.45) is 22.7 Å². The van der Waals surface area contributed by atoms with Gasteiger partial charge in [-0.3, -0.25) is 19.3 Å². The maximum atomic E-state index is 14.0. The number of ether oxygens (including phenoxy) is 1. The summed E-state index contributed by atoms with van der Waals surface area (Å²) in [4.78, 5) is 45.9. The topological polar surface area (TPSA) is 192 Å². The van der Waals surface area contributed by atoms with Crippen molar-refractivity contribution in [3.05, 3.63) is 69.7 Å². The van der Waals surface area contributed by atoms with Crippen LogP contribution < -0.4 is 10.5 Å². The number of nitrogens with two attached hydrogens (primary N) is 1. The van der Waals surface area contributed by atoms with E-state index in [0.29, 0.717) is 28.0 Å². The van der Waals surface area contributed by atoms with Gasteiger partial charge in [0.25, 0.3) is 5.91 Å². The lowest BCUT2D eigenvalue weighted by molar-refractivity contribution is -0.148. The summed E-state index contributed by atoms with van der Waals surface area (Å²) in [5, 5.41) is 48.8. The highest BCUT2D eigenvalue weighted by Gasteiger charge is 2.63. The van der Waals surface area contributed by atoms with Gasteiger partial charge >= 0.3 is 0 Å². The number of primary amides is 1. The first-order chi connectivity index (χ1) is 19.9. The smallest absolute Gasteiger partial charge is 0.255 e. The summed E-state index contributed by atoms with van der Waals surface area (Å²) in [5.41, 5.74) is 3.98. The molecule has 0 unspecified atom stereocenters. The highest BCUT2D eigenvalue weighted by molar-refractivity contribution is 6.25. The number of fused-ring (bicyclic) bond motifs is 3. The molecule has 0 saturated carbocycles. The van der Waals surface area contributed by atoms with Crippen molar-refractivity contribution < 1.29 is 44.4 Å². The van der Waals surface area contributed by atoms with E-state index in [9.17, 15) is 34.8 Å². The Hall–Kier alpha value is -4.68. The summed E-state index contributed by atoms with van der Waals surface area (Å²) in [5.74, 6) is -6.43. The van der Waals surface area contributed by atoms with Gasteiger partial charge in [0, 0.05) is 17.1 Å². The fourth-order valence-electron chi connectivity index (χ4n) is 6.63. The van der Waals surface area contributed by atoms with Gasteiger partial charge in [-0.05, 0) is 67.7 Å². The number of hydrogen-bond donors (Lipinski definition) is 5. The number of phenolic OH excluding ortho intramolecular Hbond substituents is 1. The van der Waals surface area contributed by atoms with Crippen molar-refractivity contribution in [2.75, 3.05) is 28.3 Å². The molecule has 3 aliphatic carbocycles. The lowest BCUT2D eigenvalue weighted by atomic mass is 9.58. The number of ketones is 2. The average Bonchev–Trinajstić information content (AvgIpc) is 2.93. The molecule has 5 rings (SSSR count). The molecule has 1 amide bonds. The number of amides is 1. The van der Waals surface area contributed by atoms with Crippen molar-refractivity contribution >= 4 is 23.7 Å². The predicted octanol–water partition coefficient (Wildman–Crippen LogP) is 1.78. The molecule has 0 heterocycles. The molecule has 0 bridgehead atoms. The number of Topliss-reactive ketones (excluding diaryl/α,β-unsaturated/α-hetero) is 2. The van der Waals surface area contributed by atoms with Crippen molar-refractivity contribution in [1.82, 2.24) is 4.90 Å². The van der Waals surface area contributed by atoms with Crippen molar-refractivity contribution in [3.8, 4) is 22.6 Å². The Balaban J connectivity index is 1.70. The van der Waals surface area contributed by atoms with Crippen LogP contribution in [0.2, 0.25) is 0 Å². The second kappa shape index (κ2) is 10.3. The summed E-state index contributed by atoms with van der Waals surface area (Å²) in [6.45, 7) is 0. The summed E-state index contributed by atoms with van der Waals surface area (Å²) in [6.07, 6.45) is 1.63. The number of benzene rings is 2. The van der Waals surface area contributed by atoms with Crippen molar-refractivity contribution in [1.29, 1.82) is 0 Å². The number of oxime groups is 1. The molecule has 220 valence electrons. The Morgan fingerprint density at radius 2 is 1.86 bits per heavy atom. The van der Waals surface area contributed by atoms with Gasteiger partial charge in [0.05, 0.1) is 24.9 Å². The van der Waals surface area contributed by atoms with E-state index in [2.05, 4.69) is 5.16 Å². The number of phenols is 1. The minimum atomic E-state index is -2.69. The number of carbonyl (C=O) groups excluding carboxylic acids is 3. The van der Waals surface area contributed by atoms with Crippen molar-refractivity contribution in [3.63, 3.8) is 0 Å². The Morgan fingerprint density at radius 3 is 2.48 bits per heavy atom. The molecule has 0 spiro atoms. The number of aliphatic hydroxyl groups excluding tert-OH is 2. The van der Waals surface area contributed by atoms with Gasteiger partial charge in [0.1, 0.15) is 35.7 Å². The zero-order valence-corrected chi connectivity index (χ0v) is 23.4. The van der Waals surface area contributed by atoms with Crippen LogP contribution in [0.5, 0.6) is 11.5 Å². The largest absolute Gasteiger partial charge is 0.510 e. The van der Waals surface area contributed by atoms with Crippen LogP contribution in [0.1, 0.15) is 27.9 Å². The minimum Gasteiger partial charge on any atom is -0.510 e. The highest BCUT2D eigenvalue weighted by atomic mass is 16.6. The molecular weight excluding hydrogens is 546 g/mol. The van der Waals surface area contributed by atoms with Crippen LogP contribution in [0.3, 0.4) is 0 Å². The molecule has 2 aromatic rings. The lowest BCUT2D eigenvalue weighted by Gasteiger charge is -2.50. The molecule has 6 N–H and O–H groups in total. The van der Waals surface area contributed by atoms with Gasteiger partial charge in [-0.15, -0.1) is 0 Å². The van der Waals surface area contributed by atoms with E-state index in [1.54, 1.807) is 38.4 Å². The van der Waals surface area contributed by atoms with Gasteiger partial charge in [0.15, 0.2) is 11.4 Å². The van der Waals surface area contributed by atoms with Crippen LogP contribution in [0.25, 0.3) is 11.1 Å². The molecule has 42 heavy (non-hydrogen) atoms. The minimum absolute atomic E-state index is 0.00474. The predicted molar refractivity (Wildman–Crippen MR) is 150 cm³/mol. The summed E-state index contributed by atoms with van der Waals surface area (Å²) >= 11 is 0. The third kappa shape index (κ3) is 4.05. The molecule has 0 saturated heterocycles. The van der Waals surface area contributed by atoms with Crippen LogP contribution in [0.4, 0.5) is 0 Å². The molecule has 2 aromatic carbocycles. The molecule has 4 atom stereocenters. The number of allylic oxidation sites excluding steroid dienone is 1. The fourth-order valence-corrected chi connectivity index (χ4v) is 6.63. The standard InChI is InChI=1S/C30H31N3O9/c1-33(2)24-18-11-14-10-17-16(13-5-8-20(41-3)15(9-13)12-32-42-4)6-7-19(34)22(17)25(35)21(14)27(37)30(18,40)28(38)23(26(24)36)29(31)39/h5-9,12,14,18,24,34,36-37,40H,10-11H2,1-4H3,(H2,31,39)/b32-12+/t14-,18-,24-,30-/m1/s1. The average molecular weight is 578 g/mol. The zero-order valence-electron chi connectivity index (χ0n) is 23.4. The van der Waals surface area contributed by atoms with Crippen LogP contribution in [-0.2, 0) is 20.8 Å². The van der Waals surface area contributed by atoms with E-state index in [4.69, 9.17) is 15.3 Å². The molecule has 3 aliphatic rings. The Labute approximate surface area is 240 Å². The van der Waals surface area contributed by atoms with Crippen LogP contribution >= 0.6 is 0 Å². The Morgan fingerprint density at radius 1 is 1.14 bits per heavy atom. The quantitative estimate of drug-likeness (QED) is 0.192. The van der Waals surface area contributed by atoms with Gasteiger partial charge in [0.2, 0.25) is 5.78 Å². The number of methoxy groups -OCH3 is 1. The van der Waals surface area contributed by atoms with Crippen LogP contribution in [0, 0.1) is 11.8 Å². The molecule has 0 fully saturated rings. The number of hydrogen-bond acceptors (Lipinski definition) is 11. The SMILES string of the molecule is CO/N=C/c1cc(-c2ccc(O)c3c2C[C@@H]2C[C@@H]4[C@@H](N(C)C)C(O)=C(C(N)=O)C(=O)[C@]4(O)C(O)=C2C3=O)ccc1OC. The maximum absolute atomic E-state index is 14.0. The molecule has 0 radical (unpaired) electrons. The number of rotatable bonds is 6. The van der Waals surface area contributed by atoms with Gasteiger partial charge in [-0.25, -0.2) is 0 Å². The zero-order chi connectivity index (χ0) is 30.7. The fraction of sp³-hybridized carbons (Fsp3) is 0.333. The first kappa shape index (κ1) is 28.8. The van der Waals surface area contributed by atoms with E-state index < -0.39 is 58.0 Å². The van der Waals surface area contributed by atoms with Gasteiger partial charge < -0.3 is 35.7 Å². The van der Waals surface area contributed by atoms with Gasteiger partial charge in [-0.1, -0.05) is 17.3 Å². The number of aliphatic hydroxyl groups is 3. The van der Waals surface area contributed by atoms with E-state index in [1.165, 1.54) is 31.4 Å². The normalized spacial score (nSPS) is 25.4. The molecule has 12 heteroatoms. The Kier molecular flexibility index (Phi) is 7.07.